The van der Waals surface area contributed by atoms with Crippen molar-refractivity contribution in [3.8, 4) is 5.75 Å². The van der Waals surface area contributed by atoms with Crippen molar-refractivity contribution in [1.29, 1.82) is 0 Å². The van der Waals surface area contributed by atoms with E-state index in [4.69, 9.17) is 4.74 Å². The number of methoxy groups -OCH3 is 1. The zero-order valence-electron chi connectivity index (χ0n) is 13.7. The molecule has 1 amide bonds. The van der Waals surface area contributed by atoms with Crippen LogP contribution in [0.2, 0.25) is 0 Å². The van der Waals surface area contributed by atoms with Crippen LogP contribution in [0.5, 0.6) is 5.75 Å². The highest BCUT2D eigenvalue weighted by Gasteiger charge is 2.21. The fourth-order valence-corrected chi connectivity index (χ4v) is 3.14. The van der Waals surface area contributed by atoms with Crippen LogP contribution in [-0.4, -0.2) is 32.7 Å². The third-order valence-electron chi connectivity index (χ3n) is 4.56. The molecule has 1 aliphatic heterocycles. The minimum atomic E-state index is 0.160. The van der Waals surface area contributed by atoms with Gasteiger partial charge < -0.3 is 15.4 Å². The Morgan fingerprint density at radius 1 is 1.45 bits per heavy atom. The van der Waals surface area contributed by atoms with Crippen LogP contribution < -0.4 is 15.4 Å². The van der Waals surface area contributed by atoms with E-state index in [9.17, 15) is 4.79 Å². The van der Waals surface area contributed by atoms with Crippen LogP contribution in [0.1, 0.15) is 31.7 Å². The topological polar surface area (TPSA) is 50.4 Å². The maximum absolute atomic E-state index is 12.1. The van der Waals surface area contributed by atoms with Crippen LogP contribution >= 0.6 is 0 Å². The van der Waals surface area contributed by atoms with Crippen LogP contribution in [-0.2, 0) is 11.2 Å². The minimum Gasteiger partial charge on any atom is -0.496 e. The maximum atomic E-state index is 12.1. The smallest absolute Gasteiger partial charge is 0.220 e. The molecule has 2 atom stereocenters. The Kier molecular flexibility index (Phi) is 6.72. The molecular weight excluding hydrogens is 276 g/mol. The monoisotopic (exact) mass is 304 g/mol. The second kappa shape index (κ2) is 8.79. The Hall–Kier alpha value is -1.55. The van der Waals surface area contributed by atoms with E-state index in [-0.39, 0.29) is 5.91 Å². The molecule has 1 fully saturated rings. The fraction of sp³-hybridized carbons (Fsp3) is 0.611. The van der Waals surface area contributed by atoms with Crippen LogP contribution in [0.4, 0.5) is 0 Å². The number of para-hydroxylation sites is 1. The van der Waals surface area contributed by atoms with E-state index in [1.807, 2.05) is 24.3 Å². The summed E-state index contributed by atoms with van der Waals surface area (Å²) in [4.78, 5) is 12.1. The van der Waals surface area contributed by atoms with Gasteiger partial charge in [0.15, 0.2) is 0 Å². The molecule has 2 unspecified atom stereocenters. The first kappa shape index (κ1) is 16.8. The number of carbonyl (C=O) groups is 1. The van der Waals surface area contributed by atoms with Crippen molar-refractivity contribution < 1.29 is 9.53 Å². The second-order valence-electron chi connectivity index (χ2n) is 6.20. The summed E-state index contributed by atoms with van der Waals surface area (Å²) in [6, 6.07) is 7.95. The van der Waals surface area contributed by atoms with Gasteiger partial charge in [-0.15, -0.1) is 0 Å². The average Bonchev–Trinajstić information content (AvgIpc) is 2.56. The summed E-state index contributed by atoms with van der Waals surface area (Å²) in [6.45, 7) is 5.02. The lowest BCUT2D eigenvalue weighted by atomic mass is 9.85. The first-order valence-electron chi connectivity index (χ1n) is 8.30. The Balaban J connectivity index is 1.71. The van der Waals surface area contributed by atoms with Crippen molar-refractivity contribution in [2.45, 2.75) is 32.6 Å². The molecule has 0 bridgehead atoms. The number of amides is 1. The minimum absolute atomic E-state index is 0.160. The predicted octanol–water partition coefficient (Wildman–Crippen LogP) is 2.38. The van der Waals surface area contributed by atoms with Gasteiger partial charge in [0.1, 0.15) is 5.75 Å². The number of hydrogen-bond donors (Lipinski definition) is 2. The Labute approximate surface area is 133 Å². The van der Waals surface area contributed by atoms with Gasteiger partial charge in [-0.1, -0.05) is 25.1 Å². The van der Waals surface area contributed by atoms with Gasteiger partial charge in [-0.25, -0.2) is 0 Å². The van der Waals surface area contributed by atoms with Crippen molar-refractivity contribution in [2.75, 3.05) is 26.7 Å². The molecule has 2 N–H and O–H groups in total. The predicted molar refractivity (Wildman–Crippen MR) is 89.1 cm³/mol. The summed E-state index contributed by atoms with van der Waals surface area (Å²) in [5.41, 5.74) is 1.13. The number of rotatable bonds is 7. The summed E-state index contributed by atoms with van der Waals surface area (Å²) in [5.74, 6) is 2.12. The van der Waals surface area contributed by atoms with Crippen LogP contribution in [0, 0.1) is 11.8 Å². The molecular formula is C18H28N2O2. The van der Waals surface area contributed by atoms with Gasteiger partial charge >= 0.3 is 0 Å². The number of carbonyl (C=O) groups excluding carboxylic acids is 1. The Bertz CT molecular complexity index is 470. The number of benzene rings is 1. The summed E-state index contributed by atoms with van der Waals surface area (Å²) in [6.07, 6.45) is 3.89. The lowest BCUT2D eigenvalue weighted by Gasteiger charge is -2.28. The molecule has 1 heterocycles. The van der Waals surface area contributed by atoms with Crippen molar-refractivity contribution in [2.24, 2.45) is 11.8 Å². The summed E-state index contributed by atoms with van der Waals surface area (Å²) < 4.78 is 5.33. The molecule has 1 aliphatic rings. The molecule has 2 rings (SSSR count). The zero-order chi connectivity index (χ0) is 15.8. The molecule has 0 spiro atoms. The van der Waals surface area contributed by atoms with E-state index < -0.39 is 0 Å². The van der Waals surface area contributed by atoms with Gasteiger partial charge in [-0.2, -0.15) is 0 Å². The molecule has 22 heavy (non-hydrogen) atoms. The van der Waals surface area contributed by atoms with Crippen LogP contribution in [0.3, 0.4) is 0 Å². The van der Waals surface area contributed by atoms with Crippen molar-refractivity contribution in [3.63, 3.8) is 0 Å². The molecule has 0 aliphatic carbocycles. The first-order valence-corrected chi connectivity index (χ1v) is 8.30. The first-order chi connectivity index (χ1) is 10.7. The van der Waals surface area contributed by atoms with Crippen molar-refractivity contribution in [3.05, 3.63) is 29.8 Å². The van der Waals surface area contributed by atoms with E-state index in [0.29, 0.717) is 24.8 Å². The van der Waals surface area contributed by atoms with E-state index >= 15 is 0 Å². The largest absolute Gasteiger partial charge is 0.496 e. The number of hydrogen-bond acceptors (Lipinski definition) is 3. The molecule has 1 saturated heterocycles. The van der Waals surface area contributed by atoms with E-state index in [1.54, 1.807) is 7.11 Å². The van der Waals surface area contributed by atoms with Crippen molar-refractivity contribution in [1.82, 2.24) is 10.6 Å². The van der Waals surface area contributed by atoms with Gasteiger partial charge in [0, 0.05) is 13.0 Å². The van der Waals surface area contributed by atoms with Gasteiger partial charge in [0.25, 0.3) is 0 Å². The average molecular weight is 304 g/mol. The third-order valence-corrected chi connectivity index (χ3v) is 4.56. The molecule has 4 nitrogen and oxygen atoms in total. The maximum Gasteiger partial charge on any atom is 0.220 e. The second-order valence-corrected chi connectivity index (χ2v) is 6.20. The molecule has 0 aromatic heterocycles. The Morgan fingerprint density at radius 2 is 2.27 bits per heavy atom. The summed E-state index contributed by atoms with van der Waals surface area (Å²) in [5, 5.41) is 6.46. The third kappa shape index (κ3) is 5.02. The summed E-state index contributed by atoms with van der Waals surface area (Å²) in [7, 11) is 1.68. The lowest BCUT2D eigenvalue weighted by molar-refractivity contribution is -0.122. The number of nitrogens with one attached hydrogen (secondary N) is 2. The molecule has 4 heteroatoms. The van der Waals surface area contributed by atoms with Gasteiger partial charge in [0.05, 0.1) is 7.11 Å². The molecule has 0 saturated carbocycles. The van der Waals surface area contributed by atoms with E-state index in [1.165, 1.54) is 12.8 Å². The zero-order valence-corrected chi connectivity index (χ0v) is 13.7. The highest BCUT2D eigenvalue weighted by Crippen LogP contribution is 2.22. The quantitative estimate of drug-likeness (QED) is 0.813. The van der Waals surface area contributed by atoms with Gasteiger partial charge in [-0.05, 0) is 55.8 Å². The highest BCUT2D eigenvalue weighted by atomic mass is 16.5. The number of piperidine rings is 1. The SMILES string of the molecule is COc1ccccc1CCNC(=O)CC(C)C1CCCNC1. The standard InChI is InChI=1S/C18H28N2O2/c1-14(16-7-5-10-19-13-16)12-18(21)20-11-9-15-6-3-4-8-17(15)22-2/h3-4,6,8,14,16,19H,5,7,9-13H2,1-2H3,(H,20,21). The van der Waals surface area contributed by atoms with Gasteiger partial charge in [0.2, 0.25) is 5.91 Å². The Morgan fingerprint density at radius 3 is 3.00 bits per heavy atom. The van der Waals surface area contributed by atoms with E-state index in [2.05, 4.69) is 17.6 Å². The lowest BCUT2D eigenvalue weighted by Crippen LogP contribution is -2.36. The van der Waals surface area contributed by atoms with Gasteiger partial charge in [-0.3, -0.25) is 4.79 Å². The van der Waals surface area contributed by atoms with Crippen molar-refractivity contribution >= 4 is 5.91 Å². The highest BCUT2D eigenvalue weighted by molar-refractivity contribution is 5.76. The molecule has 1 aromatic rings. The normalized spacial score (nSPS) is 19.5. The van der Waals surface area contributed by atoms with E-state index in [0.717, 1.165) is 30.8 Å². The summed E-state index contributed by atoms with van der Waals surface area (Å²) >= 11 is 0. The molecule has 1 aromatic carbocycles. The fourth-order valence-electron chi connectivity index (χ4n) is 3.14. The number of ether oxygens (including phenoxy) is 1. The van der Waals surface area contributed by atoms with Crippen LogP contribution in [0.25, 0.3) is 0 Å². The van der Waals surface area contributed by atoms with Crippen LogP contribution in [0.15, 0.2) is 24.3 Å². The molecule has 0 radical (unpaired) electrons. The molecule has 122 valence electrons.